The number of hydrogen-bond acceptors (Lipinski definition) is 4. The first-order valence-corrected chi connectivity index (χ1v) is 7.55. The summed E-state index contributed by atoms with van der Waals surface area (Å²) in [6, 6.07) is 7.93. The summed E-state index contributed by atoms with van der Waals surface area (Å²) >= 11 is 1.17. The van der Waals surface area contributed by atoms with Gasteiger partial charge in [0, 0.05) is 18.5 Å². The molecule has 1 aromatic carbocycles. The van der Waals surface area contributed by atoms with Crippen molar-refractivity contribution in [3.63, 3.8) is 0 Å². The van der Waals surface area contributed by atoms with Crippen molar-refractivity contribution >= 4 is 23.2 Å². The topological polar surface area (TPSA) is 71.1 Å². The highest BCUT2D eigenvalue weighted by molar-refractivity contribution is 7.11. The molecule has 2 amide bonds. The van der Waals surface area contributed by atoms with Crippen LogP contribution in [0.25, 0.3) is 0 Å². The van der Waals surface area contributed by atoms with Crippen molar-refractivity contribution < 1.29 is 9.59 Å². The highest BCUT2D eigenvalue weighted by Gasteiger charge is 2.14. The van der Waals surface area contributed by atoms with Crippen molar-refractivity contribution in [3.8, 4) is 0 Å². The Morgan fingerprint density at radius 2 is 1.86 bits per heavy atom. The first-order chi connectivity index (χ1) is 10.1. The molecule has 0 unspecified atom stereocenters. The van der Waals surface area contributed by atoms with Crippen LogP contribution >= 0.6 is 11.3 Å². The summed E-state index contributed by atoms with van der Waals surface area (Å²) in [7, 11) is 0. The molecule has 0 fully saturated rings. The van der Waals surface area contributed by atoms with Gasteiger partial charge in [0.25, 0.3) is 11.8 Å². The predicted molar refractivity (Wildman–Crippen MR) is 82.5 cm³/mol. The quantitative estimate of drug-likeness (QED) is 0.889. The molecule has 0 spiro atoms. The van der Waals surface area contributed by atoms with Gasteiger partial charge in [-0.15, -0.1) is 11.3 Å². The van der Waals surface area contributed by atoms with Crippen molar-refractivity contribution in [2.45, 2.75) is 20.4 Å². The molecule has 6 heteroatoms. The third kappa shape index (κ3) is 4.13. The Bertz CT molecular complexity index is 635. The molecule has 0 atom stereocenters. The third-order valence-corrected chi connectivity index (χ3v) is 3.68. The van der Waals surface area contributed by atoms with Crippen LogP contribution in [0, 0.1) is 6.92 Å². The minimum absolute atomic E-state index is 0.250. The summed E-state index contributed by atoms with van der Waals surface area (Å²) in [5.41, 5.74) is 2.47. The Balaban J connectivity index is 1.94. The monoisotopic (exact) mass is 303 g/mol. The predicted octanol–water partition coefficient (Wildman–Crippen LogP) is 2.13. The van der Waals surface area contributed by atoms with E-state index < -0.39 is 0 Å². The zero-order valence-electron chi connectivity index (χ0n) is 12.0. The average molecular weight is 303 g/mol. The number of benzene rings is 1. The standard InChI is InChI=1S/C15H17N3O2S/c1-3-16-14(20)15-18-12(9-21-15)13(19)17-8-11-6-4-10(2)5-7-11/h4-7,9H,3,8H2,1-2H3,(H,16,20)(H,17,19). The fraction of sp³-hybridized carbons (Fsp3) is 0.267. The number of rotatable bonds is 5. The number of aromatic nitrogens is 1. The Labute approximate surface area is 127 Å². The van der Waals surface area contributed by atoms with Gasteiger partial charge in [-0.2, -0.15) is 0 Å². The Kier molecular flexibility index (Phi) is 5.05. The lowest BCUT2D eigenvalue weighted by atomic mass is 10.1. The van der Waals surface area contributed by atoms with E-state index in [0.29, 0.717) is 18.1 Å². The van der Waals surface area contributed by atoms with Gasteiger partial charge < -0.3 is 10.6 Å². The minimum atomic E-state index is -0.276. The molecule has 0 radical (unpaired) electrons. The van der Waals surface area contributed by atoms with Crippen LogP contribution in [-0.4, -0.2) is 23.3 Å². The third-order valence-electron chi connectivity index (χ3n) is 2.84. The molecule has 0 aliphatic heterocycles. The molecule has 5 nitrogen and oxygen atoms in total. The van der Waals surface area contributed by atoms with Crippen molar-refractivity contribution in [2.24, 2.45) is 0 Å². The van der Waals surface area contributed by atoms with Crippen LogP contribution in [0.3, 0.4) is 0 Å². The van der Waals surface area contributed by atoms with Crippen LogP contribution in [0.2, 0.25) is 0 Å². The van der Waals surface area contributed by atoms with E-state index in [-0.39, 0.29) is 17.5 Å². The van der Waals surface area contributed by atoms with E-state index in [2.05, 4.69) is 15.6 Å². The van der Waals surface area contributed by atoms with Crippen molar-refractivity contribution in [3.05, 3.63) is 51.5 Å². The summed E-state index contributed by atoms with van der Waals surface area (Å²) in [5, 5.41) is 7.34. The maximum absolute atomic E-state index is 12.0. The van der Waals surface area contributed by atoms with Crippen LogP contribution in [-0.2, 0) is 6.54 Å². The first-order valence-electron chi connectivity index (χ1n) is 6.67. The zero-order chi connectivity index (χ0) is 15.2. The molecule has 110 valence electrons. The average Bonchev–Trinajstić information content (AvgIpc) is 2.96. The Morgan fingerprint density at radius 3 is 2.52 bits per heavy atom. The van der Waals surface area contributed by atoms with Gasteiger partial charge in [0.15, 0.2) is 5.01 Å². The van der Waals surface area contributed by atoms with Crippen molar-refractivity contribution in [1.82, 2.24) is 15.6 Å². The first kappa shape index (κ1) is 15.2. The number of amides is 2. The molecule has 2 rings (SSSR count). The fourth-order valence-corrected chi connectivity index (χ4v) is 2.41. The van der Waals surface area contributed by atoms with Gasteiger partial charge in [0.05, 0.1) is 0 Å². The molecule has 0 saturated heterocycles. The van der Waals surface area contributed by atoms with Gasteiger partial charge in [-0.1, -0.05) is 29.8 Å². The number of nitrogens with one attached hydrogen (secondary N) is 2. The van der Waals surface area contributed by atoms with Crippen LogP contribution in [0.5, 0.6) is 0 Å². The second-order valence-corrected chi connectivity index (χ2v) is 5.42. The van der Waals surface area contributed by atoms with Crippen LogP contribution in [0.1, 0.15) is 38.3 Å². The van der Waals surface area contributed by atoms with E-state index in [4.69, 9.17) is 0 Å². The number of hydrogen-bond donors (Lipinski definition) is 2. The van der Waals surface area contributed by atoms with Crippen LogP contribution in [0.15, 0.2) is 29.6 Å². The zero-order valence-corrected chi connectivity index (χ0v) is 12.8. The highest BCUT2D eigenvalue weighted by Crippen LogP contribution is 2.10. The maximum atomic E-state index is 12.0. The maximum Gasteiger partial charge on any atom is 0.280 e. The Morgan fingerprint density at radius 1 is 1.14 bits per heavy atom. The molecule has 21 heavy (non-hydrogen) atoms. The van der Waals surface area contributed by atoms with Crippen LogP contribution < -0.4 is 10.6 Å². The van der Waals surface area contributed by atoms with Gasteiger partial charge in [0.1, 0.15) is 5.69 Å². The number of carbonyl (C=O) groups is 2. The smallest absolute Gasteiger partial charge is 0.280 e. The van der Waals surface area contributed by atoms with E-state index in [1.165, 1.54) is 16.9 Å². The van der Waals surface area contributed by atoms with Crippen molar-refractivity contribution in [1.29, 1.82) is 0 Å². The lowest BCUT2D eigenvalue weighted by molar-refractivity contribution is 0.0946. The van der Waals surface area contributed by atoms with E-state index in [9.17, 15) is 9.59 Å². The number of aryl methyl sites for hydroxylation is 1. The van der Waals surface area contributed by atoms with Gasteiger partial charge in [-0.05, 0) is 19.4 Å². The van der Waals surface area contributed by atoms with E-state index >= 15 is 0 Å². The minimum Gasteiger partial charge on any atom is -0.350 e. The number of nitrogens with zero attached hydrogens (tertiary/aromatic N) is 1. The molecule has 0 aliphatic rings. The van der Waals surface area contributed by atoms with E-state index in [0.717, 1.165) is 5.56 Å². The summed E-state index contributed by atoms with van der Waals surface area (Å²) in [6.45, 7) is 4.82. The van der Waals surface area contributed by atoms with Gasteiger partial charge in [0.2, 0.25) is 0 Å². The lowest BCUT2D eigenvalue weighted by Crippen LogP contribution is -2.25. The largest absolute Gasteiger partial charge is 0.350 e. The summed E-state index contributed by atoms with van der Waals surface area (Å²) in [6.07, 6.45) is 0. The van der Waals surface area contributed by atoms with E-state index in [1.54, 1.807) is 5.38 Å². The summed E-state index contributed by atoms with van der Waals surface area (Å²) in [5.74, 6) is -0.526. The second-order valence-electron chi connectivity index (χ2n) is 4.57. The number of carbonyl (C=O) groups excluding carboxylic acids is 2. The molecule has 1 heterocycles. The summed E-state index contributed by atoms with van der Waals surface area (Å²) < 4.78 is 0. The molecule has 2 N–H and O–H groups in total. The number of thiazole rings is 1. The summed E-state index contributed by atoms with van der Waals surface area (Å²) in [4.78, 5) is 27.6. The van der Waals surface area contributed by atoms with Gasteiger partial charge in [-0.25, -0.2) is 4.98 Å². The van der Waals surface area contributed by atoms with Gasteiger partial charge in [-0.3, -0.25) is 9.59 Å². The molecular formula is C15H17N3O2S. The Hall–Kier alpha value is -2.21. The van der Waals surface area contributed by atoms with E-state index in [1.807, 2.05) is 38.1 Å². The molecule has 2 aromatic rings. The fourth-order valence-electron chi connectivity index (χ4n) is 1.70. The van der Waals surface area contributed by atoms with Gasteiger partial charge >= 0.3 is 0 Å². The molecule has 0 saturated carbocycles. The SMILES string of the molecule is CCNC(=O)c1nc(C(=O)NCc2ccc(C)cc2)cs1. The lowest BCUT2D eigenvalue weighted by Gasteiger charge is -2.03. The molecule has 1 aromatic heterocycles. The normalized spacial score (nSPS) is 10.2. The molecule has 0 bridgehead atoms. The van der Waals surface area contributed by atoms with Crippen LogP contribution in [0.4, 0.5) is 0 Å². The highest BCUT2D eigenvalue weighted by atomic mass is 32.1. The van der Waals surface area contributed by atoms with Crippen molar-refractivity contribution in [2.75, 3.05) is 6.54 Å². The molecular weight excluding hydrogens is 286 g/mol. The second kappa shape index (κ2) is 6.99. The molecule has 0 aliphatic carbocycles.